The molecule has 0 N–H and O–H groups in total. The second-order valence-electron chi connectivity index (χ2n) is 4.10. The number of hydrogen-bond acceptors (Lipinski definition) is 5. The monoisotopic (exact) mass is 293 g/mol. The lowest BCUT2D eigenvalue weighted by Gasteiger charge is -2.10. The van der Waals surface area contributed by atoms with Crippen molar-refractivity contribution in [1.29, 1.82) is 0 Å². The van der Waals surface area contributed by atoms with Crippen LogP contribution in [0.1, 0.15) is 5.56 Å². The third kappa shape index (κ3) is 3.20. The third-order valence-electron chi connectivity index (χ3n) is 2.78. The van der Waals surface area contributed by atoms with Gasteiger partial charge in [0.05, 0.1) is 25.2 Å². The number of ether oxygens (including phenoxy) is 2. The van der Waals surface area contributed by atoms with Gasteiger partial charge in [0.2, 0.25) is 0 Å². The molecule has 1 aromatic carbocycles. The second kappa shape index (κ2) is 6.58. The van der Waals surface area contributed by atoms with Gasteiger partial charge in [0.25, 0.3) is 11.1 Å². The molecule has 0 bridgehead atoms. The minimum absolute atomic E-state index is 0.263. The summed E-state index contributed by atoms with van der Waals surface area (Å²) in [5, 5.41) is -0.263. The first-order valence-corrected chi connectivity index (χ1v) is 6.85. The average Bonchev–Trinajstić information content (AvgIpc) is 2.72. The van der Waals surface area contributed by atoms with Gasteiger partial charge in [-0.3, -0.25) is 14.5 Å². The second-order valence-corrected chi connectivity index (χ2v) is 5.10. The standard InChI is InChI=1S/C14H15NO4S/c1-18-7-6-15-13(16)12(20-14(15)17)9-10-4-3-5-11(8-10)19-2/h3-5,8-9H,6-7H2,1-2H3/b12-9+. The lowest BCUT2D eigenvalue weighted by atomic mass is 10.2. The molecule has 20 heavy (non-hydrogen) atoms. The first-order valence-electron chi connectivity index (χ1n) is 6.04. The number of imide groups is 1. The van der Waals surface area contributed by atoms with Crippen LogP contribution in [-0.2, 0) is 9.53 Å². The lowest BCUT2D eigenvalue weighted by molar-refractivity contribution is -0.123. The summed E-state index contributed by atoms with van der Waals surface area (Å²) in [7, 11) is 3.11. The fourth-order valence-corrected chi connectivity index (χ4v) is 2.62. The fourth-order valence-electron chi connectivity index (χ4n) is 1.76. The molecular formula is C14H15NO4S. The van der Waals surface area contributed by atoms with Crippen molar-refractivity contribution in [3.8, 4) is 5.75 Å². The Kier molecular flexibility index (Phi) is 4.81. The quantitative estimate of drug-likeness (QED) is 0.780. The molecule has 0 radical (unpaired) electrons. The van der Waals surface area contributed by atoms with Crippen molar-refractivity contribution in [1.82, 2.24) is 4.90 Å². The summed E-state index contributed by atoms with van der Waals surface area (Å²) in [6, 6.07) is 7.32. The average molecular weight is 293 g/mol. The van der Waals surface area contributed by atoms with Gasteiger partial charge in [-0.05, 0) is 35.5 Å². The van der Waals surface area contributed by atoms with Gasteiger partial charge in [-0.15, -0.1) is 0 Å². The fraction of sp³-hybridized carbons (Fsp3) is 0.286. The zero-order valence-electron chi connectivity index (χ0n) is 11.3. The third-order valence-corrected chi connectivity index (χ3v) is 3.69. The summed E-state index contributed by atoms with van der Waals surface area (Å²) in [6.07, 6.45) is 1.69. The molecule has 106 valence electrons. The van der Waals surface area contributed by atoms with Crippen LogP contribution in [0.3, 0.4) is 0 Å². The van der Waals surface area contributed by atoms with E-state index in [1.165, 1.54) is 12.0 Å². The zero-order chi connectivity index (χ0) is 14.5. The van der Waals surface area contributed by atoms with Crippen molar-refractivity contribution in [3.05, 3.63) is 34.7 Å². The van der Waals surface area contributed by atoms with Gasteiger partial charge in [-0.1, -0.05) is 12.1 Å². The molecule has 0 aliphatic carbocycles. The predicted molar refractivity (Wildman–Crippen MR) is 77.5 cm³/mol. The molecule has 0 spiro atoms. The summed E-state index contributed by atoms with van der Waals surface area (Å²) < 4.78 is 10.0. The number of carbonyl (C=O) groups is 2. The van der Waals surface area contributed by atoms with Crippen LogP contribution < -0.4 is 4.74 Å². The maximum atomic E-state index is 12.1. The number of hydrogen-bond donors (Lipinski definition) is 0. The van der Waals surface area contributed by atoms with Crippen molar-refractivity contribution in [2.75, 3.05) is 27.4 Å². The number of amides is 2. The van der Waals surface area contributed by atoms with E-state index in [-0.39, 0.29) is 17.7 Å². The molecule has 6 heteroatoms. The molecule has 1 aliphatic rings. The van der Waals surface area contributed by atoms with Crippen LogP contribution in [0.4, 0.5) is 4.79 Å². The molecule has 5 nitrogen and oxygen atoms in total. The zero-order valence-corrected chi connectivity index (χ0v) is 12.1. The lowest BCUT2D eigenvalue weighted by Crippen LogP contribution is -2.31. The number of methoxy groups -OCH3 is 2. The SMILES string of the molecule is COCCN1C(=O)S/C(=C/c2cccc(OC)c2)C1=O. The highest BCUT2D eigenvalue weighted by atomic mass is 32.2. The van der Waals surface area contributed by atoms with Gasteiger partial charge < -0.3 is 9.47 Å². The largest absolute Gasteiger partial charge is 0.497 e. The Morgan fingerprint density at radius 2 is 2.10 bits per heavy atom. The van der Waals surface area contributed by atoms with E-state index in [0.717, 1.165) is 17.3 Å². The van der Waals surface area contributed by atoms with Crippen molar-refractivity contribution in [2.24, 2.45) is 0 Å². The van der Waals surface area contributed by atoms with Gasteiger partial charge in [-0.2, -0.15) is 0 Å². The van der Waals surface area contributed by atoms with Crippen molar-refractivity contribution in [2.45, 2.75) is 0 Å². The molecule has 2 amide bonds. The summed E-state index contributed by atoms with van der Waals surface area (Å²) in [4.78, 5) is 25.5. The molecule has 0 unspecified atom stereocenters. The van der Waals surface area contributed by atoms with Gasteiger partial charge in [-0.25, -0.2) is 0 Å². The number of thioether (sulfide) groups is 1. The summed E-state index contributed by atoms with van der Waals surface area (Å²) in [5.41, 5.74) is 0.821. The maximum absolute atomic E-state index is 12.1. The van der Waals surface area contributed by atoms with Crippen LogP contribution in [0.15, 0.2) is 29.2 Å². The maximum Gasteiger partial charge on any atom is 0.293 e. The molecule has 0 aromatic heterocycles. The molecule has 0 saturated carbocycles. The molecule has 1 aromatic rings. The smallest absolute Gasteiger partial charge is 0.293 e. The van der Waals surface area contributed by atoms with E-state index in [2.05, 4.69) is 0 Å². The Hall–Kier alpha value is -1.79. The topological polar surface area (TPSA) is 55.8 Å². The minimum atomic E-state index is -0.278. The number of benzene rings is 1. The predicted octanol–water partition coefficient (Wildman–Crippen LogP) is 2.38. The summed E-state index contributed by atoms with van der Waals surface area (Å²) in [6.45, 7) is 0.612. The Morgan fingerprint density at radius 3 is 2.80 bits per heavy atom. The first kappa shape index (κ1) is 14.6. The van der Waals surface area contributed by atoms with E-state index in [1.54, 1.807) is 13.2 Å². The van der Waals surface area contributed by atoms with Gasteiger partial charge in [0.15, 0.2) is 0 Å². The minimum Gasteiger partial charge on any atom is -0.497 e. The molecule has 1 aliphatic heterocycles. The van der Waals surface area contributed by atoms with Crippen LogP contribution in [0, 0.1) is 0 Å². The Bertz CT molecular complexity index is 556. The van der Waals surface area contributed by atoms with Crippen LogP contribution in [0.5, 0.6) is 5.75 Å². The molecule has 1 fully saturated rings. The normalized spacial score (nSPS) is 17.1. The van der Waals surface area contributed by atoms with E-state index in [1.807, 2.05) is 24.3 Å². The number of nitrogens with zero attached hydrogens (tertiary/aromatic N) is 1. The van der Waals surface area contributed by atoms with Crippen LogP contribution in [-0.4, -0.2) is 43.4 Å². The molecule has 2 rings (SSSR count). The van der Waals surface area contributed by atoms with Crippen molar-refractivity contribution in [3.63, 3.8) is 0 Å². The number of rotatable bonds is 5. The van der Waals surface area contributed by atoms with Crippen LogP contribution in [0.25, 0.3) is 6.08 Å². The Labute approximate surface area is 121 Å². The highest BCUT2D eigenvalue weighted by molar-refractivity contribution is 8.18. The van der Waals surface area contributed by atoms with Gasteiger partial charge in [0.1, 0.15) is 5.75 Å². The summed E-state index contributed by atoms with van der Waals surface area (Å²) >= 11 is 0.943. The summed E-state index contributed by atoms with van der Waals surface area (Å²) in [5.74, 6) is 0.428. The van der Waals surface area contributed by atoms with E-state index in [9.17, 15) is 9.59 Å². The van der Waals surface area contributed by atoms with E-state index < -0.39 is 0 Å². The molecular weight excluding hydrogens is 278 g/mol. The van der Waals surface area contributed by atoms with Crippen LogP contribution in [0.2, 0.25) is 0 Å². The highest BCUT2D eigenvalue weighted by Gasteiger charge is 2.34. The molecule has 1 heterocycles. The highest BCUT2D eigenvalue weighted by Crippen LogP contribution is 2.32. The van der Waals surface area contributed by atoms with E-state index in [4.69, 9.17) is 9.47 Å². The van der Waals surface area contributed by atoms with Gasteiger partial charge in [0, 0.05) is 7.11 Å². The van der Waals surface area contributed by atoms with Crippen molar-refractivity contribution >= 4 is 29.0 Å². The van der Waals surface area contributed by atoms with Crippen LogP contribution >= 0.6 is 11.8 Å². The van der Waals surface area contributed by atoms with Gasteiger partial charge >= 0.3 is 0 Å². The van der Waals surface area contributed by atoms with E-state index >= 15 is 0 Å². The van der Waals surface area contributed by atoms with Crippen molar-refractivity contribution < 1.29 is 19.1 Å². The molecule has 1 saturated heterocycles. The van der Waals surface area contributed by atoms with E-state index in [0.29, 0.717) is 17.3 Å². The Balaban J connectivity index is 2.18. The first-order chi connectivity index (χ1) is 9.65. The molecule has 0 atom stereocenters. The Morgan fingerprint density at radius 1 is 1.30 bits per heavy atom. The number of carbonyl (C=O) groups excluding carboxylic acids is 2.